The Bertz CT molecular complexity index is 340. The van der Waals surface area contributed by atoms with E-state index in [9.17, 15) is 9.59 Å². The van der Waals surface area contributed by atoms with Crippen molar-refractivity contribution in [1.29, 1.82) is 0 Å². The predicted molar refractivity (Wildman–Crippen MR) is 41.0 cm³/mol. The molecule has 5 heteroatoms. The Balaban J connectivity index is 3.17. The second-order valence-electron chi connectivity index (χ2n) is 2.49. The molecule has 0 spiro atoms. The van der Waals surface area contributed by atoms with Gasteiger partial charge in [-0.05, 0) is 0 Å². The molecule has 5 nitrogen and oxygen atoms in total. The molecule has 64 valence electrons. The van der Waals surface area contributed by atoms with E-state index in [-0.39, 0.29) is 23.2 Å². The van der Waals surface area contributed by atoms with Crippen molar-refractivity contribution in [3.05, 3.63) is 11.6 Å². The van der Waals surface area contributed by atoms with Crippen LogP contribution in [-0.2, 0) is 7.05 Å². The van der Waals surface area contributed by atoms with Gasteiger partial charge in [0.25, 0.3) is 0 Å². The minimum Gasteiger partial charge on any atom is -0.291 e. The third kappa shape index (κ3) is 1.39. The molecule has 0 aliphatic heterocycles. The van der Waals surface area contributed by atoms with Crippen LogP contribution in [0.1, 0.15) is 35.1 Å². The summed E-state index contributed by atoms with van der Waals surface area (Å²) < 4.78 is 1.30. The first-order valence-corrected chi connectivity index (χ1v) is 3.45. The molecule has 0 atom stereocenters. The predicted octanol–water partition coefficient (Wildman–Crippen LogP) is 0.220. The van der Waals surface area contributed by atoms with E-state index in [1.54, 1.807) is 7.05 Å². The lowest BCUT2D eigenvalue weighted by molar-refractivity contribution is 0.0998. The van der Waals surface area contributed by atoms with Crippen LogP contribution < -0.4 is 0 Å². The van der Waals surface area contributed by atoms with E-state index >= 15 is 0 Å². The van der Waals surface area contributed by atoms with Crippen molar-refractivity contribution in [3.8, 4) is 0 Å². The van der Waals surface area contributed by atoms with Crippen LogP contribution in [0.4, 0.5) is 0 Å². The van der Waals surface area contributed by atoms with Gasteiger partial charge >= 0.3 is 0 Å². The third-order valence-electron chi connectivity index (χ3n) is 1.39. The molecule has 1 aromatic heterocycles. The van der Waals surface area contributed by atoms with E-state index in [0.717, 1.165) is 0 Å². The average molecular weight is 167 g/mol. The molecule has 0 amide bonds. The van der Waals surface area contributed by atoms with Crippen LogP contribution in [0.5, 0.6) is 0 Å². The summed E-state index contributed by atoms with van der Waals surface area (Å²) in [5.41, 5.74) is 0. The zero-order valence-electron chi connectivity index (χ0n) is 7.16. The number of hydrogen-bond donors (Lipinski definition) is 0. The summed E-state index contributed by atoms with van der Waals surface area (Å²) >= 11 is 0. The molecule has 1 heterocycles. The molecule has 0 aliphatic carbocycles. The van der Waals surface area contributed by atoms with Crippen LogP contribution in [0.15, 0.2) is 0 Å². The maximum atomic E-state index is 10.9. The Morgan fingerprint density at radius 3 is 2.08 bits per heavy atom. The summed E-state index contributed by atoms with van der Waals surface area (Å²) in [5, 5.41) is 3.77. The van der Waals surface area contributed by atoms with Crippen LogP contribution in [0.25, 0.3) is 0 Å². The van der Waals surface area contributed by atoms with E-state index in [1.807, 2.05) is 0 Å². The molecule has 0 saturated heterocycles. The zero-order chi connectivity index (χ0) is 9.30. The SMILES string of the molecule is CC(=O)c1nc(C(C)=O)n(C)n1. The van der Waals surface area contributed by atoms with Crippen molar-refractivity contribution in [2.75, 3.05) is 0 Å². The minimum absolute atomic E-state index is 0.0858. The molecule has 0 saturated carbocycles. The van der Waals surface area contributed by atoms with Crippen molar-refractivity contribution < 1.29 is 9.59 Å². The lowest BCUT2D eigenvalue weighted by atomic mass is 10.4. The summed E-state index contributed by atoms with van der Waals surface area (Å²) in [6, 6.07) is 0. The fourth-order valence-electron chi connectivity index (χ4n) is 0.840. The number of ketones is 2. The fraction of sp³-hybridized carbons (Fsp3) is 0.429. The van der Waals surface area contributed by atoms with E-state index < -0.39 is 0 Å². The smallest absolute Gasteiger partial charge is 0.217 e. The Labute approximate surface area is 69.4 Å². The van der Waals surface area contributed by atoms with Crippen molar-refractivity contribution in [3.63, 3.8) is 0 Å². The maximum Gasteiger partial charge on any atom is 0.217 e. The van der Waals surface area contributed by atoms with E-state index in [0.29, 0.717) is 0 Å². The Kier molecular flexibility index (Phi) is 2.03. The van der Waals surface area contributed by atoms with Gasteiger partial charge < -0.3 is 0 Å². The molecular formula is C7H9N3O2. The molecule has 12 heavy (non-hydrogen) atoms. The Morgan fingerprint density at radius 1 is 1.25 bits per heavy atom. The van der Waals surface area contributed by atoms with Gasteiger partial charge in [-0.25, -0.2) is 9.67 Å². The number of aromatic nitrogens is 3. The maximum absolute atomic E-state index is 10.9. The highest BCUT2D eigenvalue weighted by Gasteiger charge is 2.13. The summed E-state index contributed by atoms with van der Waals surface area (Å²) in [6.45, 7) is 2.74. The number of aryl methyl sites for hydroxylation is 1. The van der Waals surface area contributed by atoms with Crippen molar-refractivity contribution in [2.45, 2.75) is 13.8 Å². The second kappa shape index (κ2) is 2.84. The summed E-state index contributed by atoms with van der Waals surface area (Å²) in [4.78, 5) is 25.4. The van der Waals surface area contributed by atoms with Crippen LogP contribution >= 0.6 is 0 Å². The lowest BCUT2D eigenvalue weighted by Crippen LogP contribution is -2.03. The topological polar surface area (TPSA) is 64.8 Å². The summed E-state index contributed by atoms with van der Waals surface area (Å²) in [7, 11) is 1.58. The fourth-order valence-corrected chi connectivity index (χ4v) is 0.840. The Hall–Kier alpha value is -1.52. The molecular weight excluding hydrogens is 158 g/mol. The van der Waals surface area contributed by atoms with E-state index in [2.05, 4.69) is 10.1 Å². The van der Waals surface area contributed by atoms with Crippen molar-refractivity contribution in [2.24, 2.45) is 7.05 Å². The van der Waals surface area contributed by atoms with Gasteiger partial charge in [0.15, 0.2) is 17.4 Å². The van der Waals surface area contributed by atoms with Gasteiger partial charge in [-0.15, -0.1) is 5.10 Å². The number of carbonyl (C=O) groups is 2. The number of rotatable bonds is 2. The number of carbonyl (C=O) groups excluding carboxylic acids is 2. The first-order chi connectivity index (χ1) is 5.52. The van der Waals surface area contributed by atoms with E-state index in [1.165, 1.54) is 18.5 Å². The van der Waals surface area contributed by atoms with Crippen LogP contribution in [-0.4, -0.2) is 26.3 Å². The second-order valence-corrected chi connectivity index (χ2v) is 2.49. The van der Waals surface area contributed by atoms with Gasteiger partial charge in [0.05, 0.1) is 0 Å². The Morgan fingerprint density at radius 2 is 1.83 bits per heavy atom. The van der Waals surface area contributed by atoms with E-state index in [4.69, 9.17) is 0 Å². The van der Waals surface area contributed by atoms with Crippen molar-refractivity contribution >= 4 is 11.6 Å². The normalized spacial score (nSPS) is 9.92. The van der Waals surface area contributed by atoms with Crippen LogP contribution in [0, 0.1) is 0 Å². The number of hydrogen-bond acceptors (Lipinski definition) is 4. The molecule has 1 rings (SSSR count). The molecule has 0 aromatic carbocycles. The largest absolute Gasteiger partial charge is 0.291 e. The van der Waals surface area contributed by atoms with Gasteiger partial charge in [0.2, 0.25) is 5.82 Å². The highest BCUT2D eigenvalue weighted by atomic mass is 16.1. The van der Waals surface area contributed by atoms with Crippen LogP contribution in [0.2, 0.25) is 0 Å². The van der Waals surface area contributed by atoms with Gasteiger partial charge in [0.1, 0.15) is 0 Å². The average Bonchev–Trinajstić information content (AvgIpc) is 2.30. The third-order valence-corrected chi connectivity index (χ3v) is 1.39. The first-order valence-electron chi connectivity index (χ1n) is 3.45. The molecule has 0 bridgehead atoms. The lowest BCUT2D eigenvalue weighted by Gasteiger charge is -1.89. The van der Waals surface area contributed by atoms with Gasteiger partial charge in [-0.2, -0.15) is 0 Å². The van der Waals surface area contributed by atoms with Crippen LogP contribution in [0.3, 0.4) is 0 Å². The standard InChI is InChI=1S/C7H9N3O2/c1-4(11)6-8-7(5(2)12)10(3)9-6/h1-3H3. The summed E-state index contributed by atoms with van der Waals surface area (Å²) in [5.74, 6) is -0.140. The van der Waals surface area contributed by atoms with Gasteiger partial charge in [0, 0.05) is 20.9 Å². The molecule has 0 aliphatic rings. The first kappa shape index (κ1) is 8.58. The highest BCUT2D eigenvalue weighted by Crippen LogP contribution is 1.97. The minimum atomic E-state index is -0.238. The van der Waals surface area contributed by atoms with Gasteiger partial charge in [-0.3, -0.25) is 9.59 Å². The van der Waals surface area contributed by atoms with Gasteiger partial charge in [-0.1, -0.05) is 0 Å². The highest BCUT2D eigenvalue weighted by molar-refractivity contribution is 5.94. The molecule has 0 N–H and O–H groups in total. The quantitative estimate of drug-likeness (QED) is 0.591. The monoisotopic (exact) mass is 167 g/mol. The number of nitrogens with zero attached hydrogens (tertiary/aromatic N) is 3. The van der Waals surface area contributed by atoms with Crippen molar-refractivity contribution in [1.82, 2.24) is 14.8 Å². The summed E-state index contributed by atoms with van der Waals surface area (Å²) in [6.07, 6.45) is 0. The molecule has 1 aromatic rings. The number of Topliss-reactive ketones (excluding diaryl/α,β-unsaturated/α-hetero) is 2. The molecule has 0 unspecified atom stereocenters. The zero-order valence-corrected chi connectivity index (χ0v) is 7.16. The molecule has 0 radical (unpaired) electrons. The molecule has 0 fully saturated rings.